The van der Waals surface area contributed by atoms with Crippen molar-refractivity contribution in [2.24, 2.45) is 0 Å². The van der Waals surface area contributed by atoms with Crippen LogP contribution in [-0.4, -0.2) is 38.3 Å². The maximum absolute atomic E-state index is 11.1. The van der Waals surface area contributed by atoms with Crippen molar-refractivity contribution in [1.29, 1.82) is 0 Å². The molecule has 0 saturated heterocycles. The third-order valence-corrected chi connectivity index (χ3v) is 3.77. The monoisotopic (exact) mass is 282 g/mol. The van der Waals surface area contributed by atoms with Crippen molar-refractivity contribution < 1.29 is 19.0 Å². The van der Waals surface area contributed by atoms with Gasteiger partial charge in [0.15, 0.2) is 18.1 Å². The zero-order chi connectivity index (χ0) is 13.7. The summed E-state index contributed by atoms with van der Waals surface area (Å²) in [6.07, 6.45) is 3.20. The summed E-state index contributed by atoms with van der Waals surface area (Å²) in [5.41, 5.74) is 1.18. The highest BCUT2D eigenvalue weighted by molar-refractivity contribution is 7.98. The van der Waals surface area contributed by atoms with E-state index in [4.69, 9.17) is 9.47 Å². The second-order valence-electron chi connectivity index (χ2n) is 4.33. The van der Waals surface area contributed by atoms with Gasteiger partial charge in [0.05, 0.1) is 13.7 Å². The number of rotatable bonds is 6. The Kier molecular flexibility index (Phi) is 4.96. The van der Waals surface area contributed by atoms with E-state index in [1.807, 2.05) is 23.9 Å². The first-order valence-corrected chi connectivity index (χ1v) is 7.60. The average molecular weight is 282 g/mol. The van der Waals surface area contributed by atoms with E-state index >= 15 is 0 Å². The van der Waals surface area contributed by atoms with Gasteiger partial charge in [-0.15, -0.1) is 0 Å². The number of esters is 1. The predicted octanol–water partition coefficient (Wildman–Crippen LogP) is 2.47. The molecule has 0 radical (unpaired) electrons. The quantitative estimate of drug-likeness (QED) is 0.750. The summed E-state index contributed by atoms with van der Waals surface area (Å²) in [7, 11) is 1.34. The number of fused-ring (bicyclic) bond motifs is 1. The maximum Gasteiger partial charge on any atom is 0.343 e. The van der Waals surface area contributed by atoms with Gasteiger partial charge in [0.2, 0.25) is 0 Å². The van der Waals surface area contributed by atoms with Gasteiger partial charge in [0.1, 0.15) is 0 Å². The van der Waals surface area contributed by atoms with Gasteiger partial charge in [0, 0.05) is 11.5 Å². The predicted molar refractivity (Wildman–Crippen MR) is 75.2 cm³/mol. The fourth-order valence-corrected chi connectivity index (χ4v) is 2.61. The first kappa shape index (κ1) is 14.1. The van der Waals surface area contributed by atoms with Crippen molar-refractivity contribution in [2.75, 3.05) is 32.3 Å². The Balaban J connectivity index is 2.07. The molecule has 2 rings (SSSR count). The van der Waals surface area contributed by atoms with Crippen molar-refractivity contribution >= 4 is 17.7 Å². The molecule has 1 unspecified atom stereocenters. The minimum absolute atomic E-state index is 0.0915. The molecule has 0 aromatic heterocycles. The first-order chi connectivity index (χ1) is 9.26. The molecule has 1 aromatic carbocycles. The Bertz CT molecular complexity index is 447. The summed E-state index contributed by atoms with van der Waals surface area (Å²) in [5, 5.41) is 0. The SMILES string of the molecule is COC(=O)COc1cccc2c1OCC2CCSC. The number of carbonyl (C=O) groups excluding carboxylic acids is 1. The van der Waals surface area contributed by atoms with Crippen molar-refractivity contribution in [1.82, 2.24) is 0 Å². The van der Waals surface area contributed by atoms with Crippen LogP contribution in [-0.2, 0) is 9.53 Å². The topological polar surface area (TPSA) is 44.8 Å². The standard InChI is InChI=1S/C14H18O4S/c1-16-13(15)9-17-12-5-3-4-11-10(6-7-19-2)8-18-14(11)12/h3-5,10H,6-9H2,1-2H3. The number of para-hydroxylation sites is 1. The van der Waals surface area contributed by atoms with Gasteiger partial charge in [-0.3, -0.25) is 0 Å². The fourth-order valence-electron chi connectivity index (χ4n) is 2.09. The lowest BCUT2D eigenvalue weighted by Crippen LogP contribution is -2.12. The number of carbonyl (C=O) groups is 1. The molecule has 0 aliphatic carbocycles. The lowest BCUT2D eigenvalue weighted by molar-refractivity contribution is -0.142. The van der Waals surface area contributed by atoms with Crippen LogP contribution in [0.1, 0.15) is 17.9 Å². The molecule has 1 aliphatic heterocycles. The zero-order valence-corrected chi connectivity index (χ0v) is 12.0. The van der Waals surface area contributed by atoms with E-state index in [1.165, 1.54) is 12.7 Å². The van der Waals surface area contributed by atoms with E-state index in [-0.39, 0.29) is 6.61 Å². The summed E-state index contributed by atoms with van der Waals surface area (Å²) >= 11 is 1.84. The molecule has 1 aromatic rings. The van der Waals surface area contributed by atoms with Crippen molar-refractivity contribution in [3.05, 3.63) is 23.8 Å². The molecule has 0 spiro atoms. The van der Waals surface area contributed by atoms with E-state index in [9.17, 15) is 4.79 Å². The fraction of sp³-hybridized carbons (Fsp3) is 0.500. The molecular weight excluding hydrogens is 264 g/mol. The molecule has 1 heterocycles. The van der Waals surface area contributed by atoms with Crippen molar-refractivity contribution in [2.45, 2.75) is 12.3 Å². The largest absolute Gasteiger partial charge is 0.489 e. The van der Waals surface area contributed by atoms with Crippen molar-refractivity contribution in [3.8, 4) is 11.5 Å². The van der Waals surface area contributed by atoms with Crippen LogP contribution in [0.4, 0.5) is 0 Å². The Hall–Kier alpha value is -1.36. The van der Waals surface area contributed by atoms with Crippen LogP contribution in [0, 0.1) is 0 Å². The Morgan fingerprint density at radius 1 is 1.53 bits per heavy atom. The molecule has 1 aliphatic rings. The van der Waals surface area contributed by atoms with Crippen LogP contribution in [0.5, 0.6) is 11.5 Å². The van der Waals surface area contributed by atoms with Gasteiger partial charge in [-0.05, 0) is 24.5 Å². The van der Waals surface area contributed by atoms with Crippen LogP contribution in [0.15, 0.2) is 18.2 Å². The number of benzene rings is 1. The minimum atomic E-state index is -0.394. The van der Waals surface area contributed by atoms with E-state index in [2.05, 4.69) is 17.1 Å². The van der Waals surface area contributed by atoms with Crippen LogP contribution in [0.2, 0.25) is 0 Å². The number of hydrogen-bond acceptors (Lipinski definition) is 5. The Morgan fingerprint density at radius 2 is 2.37 bits per heavy atom. The third-order valence-electron chi connectivity index (χ3n) is 3.12. The zero-order valence-electron chi connectivity index (χ0n) is 11.2. The van der Waals surface area contributed by atoms with Crippen LogP contribution in [0.3, 0.4) is 0 Å². The van der Waals surface area contributed by atoms with E-state index in [0.717, 1.165) is 17.9 Å². The Morgan fingerprint density at radius 3 is 3.11 bits per heavy atom. The normalized spacial score (nSPS) is 16.6. The molecule has 0 bridgehead atoms. The lowest BCUT2D eigenvalue weighted by Gasteiger charge is -2.10. The molecule has 1 atom stereocenters. The van der Waals surface area contributed by atoms with Gasteiger partial charge in [-0.1, -0.05) is 12.1 Å². The van der Waals surface area contributed by atoms with Gasteiger partial charge in [-0.25, -0.2) is 4.79 Å². The van der Waals surface area contributed by atoms with Gasteiger partial charge in [0.25, 0.3) is 0 Å². The smallest absolute Gasteiger partial charge is 0.343 e. The highest BCUT2D eigenvalue weighted by Crippen LogP contribution is 2.42. The van der Waals surface area contributed by atoms with E-state index in [0.29, 0.717) is 18.3 Å². The van der Waals surface area contributed by atoms with Crippen LogP contribution in [0.25, 0.3) is 0 Å². The number of methoxy groups -OCH3 is 1. The van der Waals surface area contributed by atoms with E-state index in [1.54, 1.807) is 0 Å². The minimum Gasteiger partial charge on any atom is -0.489 e. The summed E-state index contributed by atoms with van der Waals surface area (Å²) in [6, 6.07) is 5.82. The highest BCUT2D eigenvalue weighted by atomic mass is 32.2. The number of ether oxygens (including phenoxy) is 3. The van der Waals surface area contributed by atoms with Gasteiger partial charge < -0.3 is 14.2 Å². The maximum atomic E-state index is 11.1. The van der Waals surface area contributed by atoms with Gasteiger partial charge >= 0.3 is 5.97 Å². The Labute approximate surface area is 117 Å². The summed E-state index contributed by atoms with van der Waals surface area (Å²) < 4.78 is 15.7. The number of hydrogen-bond donors (Lipinski definition) is 0. The molecule has 19 heavy (non-hydrogen) atoms. The third kappa shape index (κ3) is 3.35. The second-order valence-corrected chi connectivity index (χ2v) is 5.31. The molecule has 0 N–H and O–H groups in total. The molecule has 0 saturated carbocycles. The van der Waals surface area contributed by atoms with E-state index < -0.39 is 5.97 Å². The molecule has 104 valence electrons. The highest BCUT2D eigenvalue weighted by Gasteiger charge is 2.26. The van der Waals surface area contributed by atoms with Crippen LogP contribution >= 0.6 is 11.8 Å². The molecule has 0 fully saturated rings. The van der Waals surface area contributed by atoms with Crippen LogP contribution < -0.4 is 9.47 Å². The summed E-state index contributed by atoms with van der Waals surface area (Å²) in [6.45, 7) is 0.598. The summed E-state index contributed by atoms with van der Waals surface area (Å²) in [5.74, 6) is 2.53. The molecule has 5 heteroatoms. The first-order valence-electron chi connectivity index (χ1n) is 6.20. The number of thioether (sulfide) groups is 1. The van der Waals surface area contributed by atoms with Gasteiger partial charge in [-0.2, -0.15) is 11.8 Å². The average Bonchev–Trinajstić information content (AvgIpc) is 2.86. The molecular formula is C14H18O4S. The second kappa shape index (κ2) is 6.70. The molecule has 0 amide bonds. The summed E-state index contributed by atoms with van der Waals surface area (Å²) in [4.78, 5) is 11.1. The lowest BCUT2D eigenvalue weighted by atomic mass is 9.98. The molecule has 4 nitrogen and oxygen atoms in total. The van der Waals surface area contributed by atoms with Crippen molar-refractivity contribution in [3.63, 3.8) is 0 Å².